The highest BCUT2D eigenvalue weighted by Crippen LogP contribution is 2.21. The van der Waals surface area contributed by atoms with E-state index >= 15 is 0 Å². The minimum absolute atomic E-state index is 0.451. The maximum atomic E-state index is 12.0. The molecule has 0 aromatic rings. The molecule has 0 saturated heterocycles. The molecular formula is C21H38O3. The van der Waals surface area contributed by atoms with E-state index in [1.54, 1.807) is 0 Å². The second kappa shape index (κ2) is 11.5. The Balaban J connectivity index is 2.59. The second-order valence-corrected chi connectivity index (χ2v) is 8.25. The van der Waals surface area contributed by atoms with Gasteiger partial charge in [-0.05, 0) is 45.6 Å². The van der Waals surface area contributed by atoms with Crippen LogP contribution in [0.15, 0.2) is 11.8 Å². The van der Waals surface area contributed by atoms with E-state index in [1.165, 1.54) is 64.2 Å². The molecule has 0 radical (unpaired) electrons. The molecule has 0 heterocycles. The molecule has 0 amide bonds. The molecule has 0 fully saturated rings. The molecule has 1 rings (SSSR count). The van der Waals surface area contributed by atoms with E-state index in [0.29, 0.717) is 5.92 Å². The summed E-state index contributed by atoms with van der Waals surface area (Å²) < 4.78 is 10.8. The number of hydrogen-bond donors (Lipinski definition) is 0. The molecule has 0 saturated carbocycles. The smallest absolute Gasteiger partial charge is 0.428 e. The Morgan fingerprint density at radius 2 is 1.42 bits per heavy atom. The molecule has 1 aliphatic rings. The van der Waals surface area contributed by atoms with Crippen molar-refractivity contribution in [3.05, 3.63) is 11.8 Å². The Morgan fingerprint density at radius 1 is 0.917 bits per heavy atom. The largest absolute Gasteiger partial charge is 0.514 e. The number of allylic oxidation sites excluding steroid dienone is 2. The van der Waals surface area contributed by atoms with Gasteiger partial charge in [0.05, 0.1) is 0 Å². The van der Waals surface area contributed by atoms with Crippen LogP contribution in [0.4, 0.5) is 4.79 Å². The molecular weight excluding hydrogens is 300 g/mol. The van der Waals surface area contributed by atoms with Gasteiger partial charge in [-0.2, -0.15) is 0 Å². The Hall–Kier alpha value is -0.990. The van der Waals surface area contributed by atoms with E-state index in [0.717, 1.165) is 18.6 Å². The van der Waals surface area contributed by atoms with Gasteiger partial charge in [-0.15, -0.1) is 0 Å². The third-order valence-electron chi connectivity index (χ3n) is 4.41. The van der Waals surface area contributed by atoms with E-state index in [2.05, 4.69) is 13.0 Å². The summed E-state index contributed by atoms with van der Waals surface area (Å²) in [5.74, 6) is 1.25. The molecule has 0 aromatic heterocycles. The standard InChI is InChI=1S/C21H38O3/c1-18-15-13-11-9-7-5-6-8-10-12-14-16-19(17-18)23-20(22)24-21(2,3)4/h17-18H,5-16H2,1-4H3/b19-17+. The van der Waals surface area contributed by atoms with Gasteiger partial charge in [0, 0.05) is 6.42 Å². The molecule has 0 aromatic carbocycles. The fourth-order valence-electron chi connectivity index (χ4n) is 3.13. The third-order valence-corrected chi connectivity index (χ3v) is 4.41. The van der Waals surface area contributed by atoms with Crippen molar-refractivity contribution < 1.29 is 14.3 Å². The summed E-state index contributed by atoms with van der Waals surface area (Å²) in [5, 5.41) is 0. The van der Waals surface area contributed by atoms with E-state index in [-0.39, 0.29) is 0 Å². The number of hydrogen-bond acceptors (Lipinski definition) is 3. The predicted molar refractivity (Wildman–Crippen MR) is 100.0 cm³/mol. The van der Waals surface area contributed by atoms with Crippen molar-refractivity contribution in [3.63, 3.8) is 0 Å². The van der Waals surface area contributed by atoms with E-state index in [9.17, 15) is 4.79 Å². The average molecular weight is 339 g/mol. The van der Waals surface area contributed by atoms with Crippen LogP contribution in [0, 0.1) is 5.92 Å². The predicted octanol–water partition coefficient (Wildman–Crippen LogP) is 7.15. The topological polar surface area (TPSA) is 35.5 Å². The van der Waals surface area contributed by atoms with Gasteiger partial charge in [0.1, 0.15) is 11.4 Å². The summed E-state index contributed by atoms with van der Waals surface area (Å²) >= 11 is 0. The highest BCUT2D eigenvalue weighted by Gasteiger charge is 2.19. The summed E-state index contributed by atoms with van der Waals surface area (Å²) in [6, 6.07) is 0. The first-order valence-electron chi connectivity index (χ1n) is 9.98. The van der Waals surface area contributed by atoms with Crippen molar-refractivity contribution in [1.82, 2.24) is 0 Å². The molecule has 0 bridgehead atoms. The Labute approximate surface area is 149 Å². The van der Waals surface area contributed by atoms with Gasteiger partial charge in [0.25, 0.3) is 0 Å². The number of rotatable bonds is 1. The van der Waals surface area contributed by atoms with E-state index < -0.39 is 11.8 Å². The van der Waals surface area contributed by atoms with Crippen molar-refractivity contribution in [2.45, 2.75) is 110 Å². The molecule has 24 heavy (non-hydrogen) atoms. The van der Waals surface area contributed by atoms with Crippen LogP contribution in [0.2, 0.25) is 0 Å². The fraction of sp³-hybridized carbons (Fsp3) is 0.857. The maximum Gasteiger partial charge on any atom is 0.514 e. The normalized spacial score (nSPS) is 24.8. The molecule has 3 nitrogen and oxygen atoms in total. The van der Waals surface area contributed by atoms with Crippen molar-refractivity contribution in [2.75, 3.05) is 0 Å². The van der Waals surface area contributed by atoms with Crippen LogP contribution in [0.3, 0.4) is 0 Å². The van der Waals surface area contributed by atoms with Crippen LogP contribution in [0.25, 0.3) is 0 Å². The first-order valence-corrected chi connectivity index (χ1v) is 9.98. The Kier molecular flexibility index (Phi) is 10.1. The van der Waals surface area contributed by atoms with Gasteiger partial charge in [-0.25, -0.2) is 4.79 Å². The van der Waals surface area contributed by atoms with Crippen molar-refractivity contribution in [2.24, 2.45) is 5.92 Å². The van der Waals surface area contributed by atoms with Crippen molar-refractivity contribution in [3.8, 4) is 0 Å². The van der Waals surface area contributed by atoms with Crippen molar-refractivity contribution in [1.29, 1.82) is 0 Å². The zero-order valence-corrected chi connectivity index (χ0v) is 16.4. The Morgan fingerprint density at radius 3 is 1.96 bits per heavy atom. The minimum atomic E-state index is -0.570. The number of carbonyl (C=O) groups is 1. The second-order valence-electron chi connectivity index (χ2n) is 8.25. The maximum absolute atomic E-state index is 12.0. The number of ether oxygens (including phenoxy) is 2. The summed E-state index contributed by atoms with van der Waals surface area (Å²) in [5.41, 5.74) is -0.511. The van der Waals surface area contributed by atoms with Crippen LogP contribution >= 0.6 is 0 Å². The average Bonchev–Trinajstić information content (AvgIpc) is 2.46. The molecule has 140 valence electrons. The lowest BCUT2D eigenvalue weighted by Crippen LogP contribution is -2.24. The minimum Gasteiger partial charge on any atom is -0.428 e. The van der Waals surface area contributed by atoms with Gasteiger partial charge >= 0.3 is 6.16 Å². The highest BCUT2D eigenvalue weighted by atomic mass is 16.7. The first kappa shape index (κ1) is 21.1. The van der Waals surface area contributed by atoms with Crippen molar-refractivity contribution >= 4 is 6.16 Å². The lowest BCUT2D eigenvalue weighted by atomic mass is 10.0. The SMILES string of the molecule is CC1/C=C(/OC(=O)OC(C)(C)C)CCCCCCCCCCCC1. The summed E-state index contributed by atoms with van der Waals surface area (Å²) in [4.78, 5) is 12.0. The van der Waals surface area contributed by atoms with Gasteiger partial charge in [0.15, 0.2) is 0 Å². The zero-order valence-electron chi connectivity index (χ0n) is 16.4. The van der Waals surface area contributed by atoms with Gasteiger partial charge in [0.2, 0.25) is 0 Å². The third kappa shape index (κ3) is 11.5. The molecule has 3 heteroatoms. The lowest BCUT2D eigenvalue weighted by Gasteiger charge is -2.20. The first-order chi connectivity index (χ1) is 11.4. The Bertz CT molecular complexity index is 379. The van der Waals surface area contributed by atoms with Crippen LogP contribution in [-0.2, 0) is 9.47 Å². The van der Waals surface area contributed by atoms with Gasteiger partial charge < -0.3 is 9.47 Å². The van der Waals surface area contributed by atoms with Crippen LogP contribution in [0.5, 0.6) is 0 Å². The van der Waals surface area contributed by atoms with Crippen LogP contribution < -0.4 is 0 Å². The van der Waals surface area contributed by atoms with Gasteiger partial charge in [-0.3, -0.25) is 0 Å². The van der Waals surface area contributed by atoms with E-state index in [4.69, 9.17) is 9.47 Å². The summed E-state index contributed by atoms with van der Waals surface area (Å²) in [6.45, 7) is 7.81. The molecule has 0 aliphatic heterocycles. The van der Waals surface area contributed by atoms with Gasteiger partial charge in [-0.1, -0.05) is 64.7 Å². The van der Waals surface area contributed by atoms with Crippen LogP contribution in [-0.4, -0.2) is 11.8 Å². The van der Waals surface area contributed by atoms with Crippen LogP contribution in [0.1, 0.15) is 105 Å². The molecule has 0 N–H and O–H groups in total. The zero-order chi connectivity index (χ0) is 17.8. The fourth-order valence-corrected chi connectivity index (χ4v) is 3.13. The molecule has 0 spiro atoms. The molecule has 1 atom stereocenters. The monoisotopic (exact) mass is 338 g/mol. The molecule has 1 unspecified atom stereocenters. The quantitative estimate of drug-likeness (QED) is 0.476. The lowest BCUT2D eigenvalue weighted by molar-refractivity contribution is 0.00493. The molecule has 1 aliphatic carbocycles. The number of carbonyl (C=O) groups excluding carboxylic acids is 1. The van der Waals surface area contributed by atoms with E-state index in [1.807, 2.05) is 20.8 Å². The summed E-state index contributed by atoms with van der Waals surface area (Å²) in [6.07, 6.45) is 16.6. The summed E-state index contributed by atoms with van der Waals surface area (Å²) in [7, 11) is 0. The highest BCUT2D eigenvalue weighted by molar-refractivity contribution is 5.62.